The molecule has 2 atom stereocenters. The van der Waals surface area contributed by atoms with Gasteiger partial charge in [0.05, 0.1) is 29.8 Å². The van der Waals surface area contributed by atoms with Gasteiger partial charge in [0.25, 0.3) is 11.3 Å². The number of carbonyl (C=O) groups excluding carboxylic acids is 3. The van der Waals surface area contributed by atoms with Crippen molar-refractivity contribution >= 4 is 34.3 Å². The van der Waals surface area contributed by atoms with Crippen molar-refractivity contribution in [2.45, 2.75) is 30.7 Å². The van der Waals surface area contributed by atoms with Crippen LogP contribution in [0.2, 0.25) is 0 Å². The lowest BCUT2D eigenvalue weighted by Gasteiger charge is -2.33. The summed E-state index contributed by atoms with van der Waals surface area (Å²) in [5, 5.41) is 0. The summed E-state index contributed by atoms with van der Waals surface area (Å²) in [4.78, 5) is 38.0. The number of aryl methyl sites for hydroxylation is 1. The fourth-order valence-corrected chi connectivity index (χ4v) is 4.22. The van der Waals surface area contributed by atoms with Gasteiger partial charge in [0.15, 0.2) is 0 Å². The van der Waals surface area contributed by atoms with E-state index >= 15 is 0 Å². The van der Waals surface area contributed by atoms with E-state index in [2.05, 4.69) is 0 Å². The molecule has 3 rings (SSSR count). The first-order chi connectivity index (χ1) is 13.3. The Bertz CT molecular complexity index is 969. The zero-order valence-corrected chi connectivity index (χ0v) is 16.4. The summed E-state index contributed by atoms with van der Waals surface area (Å²) in [7, 11) is -0.640. The molecule has 1 amide bonds. The minimum atomic E-state index is -1.90. The normalized spacial score (nSPS) is 18.4. The van der Waals surface area contributed by atoms with Crippen LogP contribution in [0.25, 0.3) is 0 Å². The first kappa shape index (κ1) is 19.8. The molecule has 0 fully saturated rings. The van der Waals surface area contributed by atoms with E-state index in [1.54, 1.807) is 0 Å². The van der Waals surface area contributed by atoms with E-state index in [0.717, 1.165) is 18.1 Å². The number of esters is 2. The lowest BCUT2D eigenvalue weighted by Crippen LogP contribution is -2.47. The van der Waals surface area contributed by atoms with Gasteiger partial charge in [-0.05, 0) is 30.7 Å². The summed E-state index contributed by atoms with van der Waals surface area (Å²) in [6, 6.07) is 12.0. The van der Waals surface area contributed by atoms with E-state index < -0.39 is 34.1 Å². The van der Waals surface area contributed by atoms with Crippen LogP contribution in [0, 0.1) is 6.92 Å². The number of hydrogen-bond acceptors (Lipinski definition) is 6. The molecule has 0 saturated heterocycles. The van der Waals surface area contributed by atoms with Gasteiger partial charge in [-0.1, -0.05) is 29.8 Å². The maximum Gasteiger partial charge on any atom is 0.337 e. The number of nitrogens with zero attached hydrogens (tertiary/aromatic N) is 1. The average molecular weight is 401 g/mol. The molecule has 1 aliphatic heterocycles. The Morgan fingerprint density at radius 3 is 2.43 bits per heavy atom. The van der Waals surface area contributed by atoms with E-state index in [0.29, 0.717) is 10.6 Å². The van der Waals surface area contributed by atoms with Crippen LogP contribution in [0.1, 0.15) is 28.4 Å². The summed E-state index contributed by atoms with van der Waals surface area (Å²) >= 11 is 0. The monoisotopic (exact) mass is 401 g/mol. The number of methoxy groups -OCH3 is 1. The second-order valence-electron chi connectivity index (χ2n) is 6.32. The minimum Gasteiger partial charge on any atom is -0.465 e. The number of benzene rings is 2. The first-order valence-electron chi connectivity index (χ1n) is 8.49. The highest BCUT2D eigenvalue weighted by molar-refractivity contribution is 7.86. The van der Waals surface area contributed by atoms with Crippen molar-refractivity contribution in [3.8, 4) is 0 Å². The number of amides is 1. The Balaban J connectivity index is 2.09. The molecule has 0 spiro atoms. The molecule has 0 N–H and O–H groups in total. The molecule has 1 heterocycles. The minimum absolute atomic E-state index is 0.172. The largest absolute Gasteiger partial charge is 0.465 e. The molecule has 0 unspecified atom stereocenters. The number of fused-ring (bicyclic) bond motifs is 1. The second kappa shape index (κ2) is 7.93. The van der Waals surface area contributed by atoms with Crippen LogP contribution in [0.15, 0.2) is 47.4 Å². The van der Waals surface area contributed by atoms with Crippen molar-refractivity contribution in [1.82, 2.24) is 0 Å². The molecule has 28 heavy (non-hydrogen) atoms. The maximum atomic E-state index is 13.0. The Morgan fingerprint density at radius 2 is 1.82 bits per heavy atom. The Kier molecular flexibility index (Phi) is 5.60. The second-order valence-corrected chi connectivity index (χ2v) is 7.79. The molecule has 8 heteroatoms. The average Bonchev–Trinajstić information content (AvgIpc) is 2.68. The van der Waals surface area contributed by atoms with Crippen LogP contribution >= 0.6 is 0 Å². The maximum absolute atomic E-state index is 13.0. The highest BCUT2D eigenvalue weighted by atomic mass is 32.2. The molecule has 0 aliphatic carbocycles. The predicted octanol–water partition coefficient (Wildman–Crippen LogP) is 2.33. The highest BCUT2D eigenvalue weighted by Gasteiger charge is 2.41. The van der Waals surface area contributed by atoms with Crippen LogP contribution in [0.4, 0.5) is 5.69 Å². The van der Waals surface area contributed by atoms with Gasteiger partial charge in [-0.15, -0.1) is 0 Å². The fraction of sp³-hybridized carbons (Fsp3) is 0.250. The van der Waals surface area contributed by atoms with Crippen LogP contribution in [0.5, 0.6) is 0 Å². The third kappa shape index (κ3) is 3.82. The number of anilines is 1. The summed E-state index contributed by atoms with van der Waals surface area (Å²) in [5.74, 6) is -1.88. The molecular weight excluding hydrogens is 382 g/mol. The van der Waals surface area contributed by atoms with Gasteiger partial charge in [-0.3, -0.25) is 9.59 Å². The van der Waals surface area contributed by atoms with Crippen LogP contribution in [0.3, 0.4) is 0 Å². The molecule has 0 radical (unpaired) electrons. The van der Waals surface area contributed by atoms with Crippen molar-refractivity contribution in [2.75, 3.05) is 12.0 Å². The van der Waals surface area contributed by atoms with Crippen LogP contribution < -0.4 is 4.90 Å². The van der Waals surface area contributed by atoms with Gasteiger partial charge in [0, 0.05) is 6.92 Å². The Labute approximate surface area is 164 Å². The SMILES string of the molecule is COC(=O)c1ccc2c(c1)N(Cc1ccc(C)cc1)C(=O)[C@@H](OC(C)=O)[S@@]2=O. The lowest BCUT2D eigenvalue weighted by molar-refractivity contribution is -0.148. The van der Waals surface area contributed by atoms with Gasteiger partial charge in [-0.2, -0.15) is 0 Å². The van der Waals surface area contributed by atoms with Crippen molar-refractivity contribution < 1.29 is 28.1 Å². The molecule has 0 bridgehead atoms. The van der Waals surface area contributed by atoms with Gasteiger partial charge in [0.2, 0.25) is 0 Å². The number of ether oxygens (including phenoxy) is 2. The third-order valence-electron chi connectivity index (χ3n) is 4.28. The van der Waals surface area contributed by atoms with Crippen molar-refractivity contribution in [2.24, 2.45) is 0 Å². The van der Waals surface area contributed by atoms with Crippen LogP contribution in [-0.2, 0) is 36.4 Å². The van der Waals surface area contributed by atoms with Gasteiger partial charge in [0.1, 0.15) is 10.8 Å². The Hall–Kier alpha value is -3.00. The van der Waals surface area contributed by atoms with E-state index in [1.807, 2.05) is 31.2 Å². The van der Waals surface area contributed by atoms with E-state index in [-0.39, 0.29) is 12.1 Å². The van der Waals surface area contributed by atoms with E-state index in [9.17, 15) is 18.6 Å². The quantitative estimate of drug-likeness (QED) is 0.731. The van der Waals surface area contributed by atoms with Crippen molar-refractivity contribution in [3.63, 3.8) is 0 Å². The molecule has 2 aromatic carbocycles. The van der Waals surface area contributed by atoms with Gasteiger partial charge >= 0.3 is 11.9 Å². The van der Waals surface area contributed by atoms with Gasteiger partial charge in [-0.25, -0.2) is 9.00 Å². The summed E-state index contributed by atoms with van der Waals surface area (Å²) in [6.07, 6.45) is 0. The molecule has 7 nitrogen and oxygen atoms in total. The summed E-state index contributed by atoms with van der Waals surface area (Å²) < 4.78 is 22.6. The fourth-order valence-electron chi connectivity index (χ4n) is 2.88. The molecule has 0 aromatic heterocycles. The molecule has 1 aliphatic rings. The number of rotatable bonds is 4. The predicted molar refractivity (Wildman–Crippen MR) is 102 cm³/mol. The van der Waals surface area contributed by atoms with E-state index in [1.165, 1.54) is 30.2 Å². The lowest BCUT2D eigenvalue weighted by atomic mass is 10.1. The highest BCUT2D eigenvalue weighted by Crippen LogP contribution is 2.35. The van der Waals surface area contributed by atoms with Gasteiger partial charge < -0.3 is 14.4 Å². The van der Waals surface area contributed by atoms with Crippen molar-refractivity contribution in [3.05, 3.63) is 59.2 Å². The zero-order valence-electron chi connectivity index (χ0n) is 15.6. The van der Waals surface area contributed by atoms with Crippen LogP contribution in [-0.4, -0.2) is 34.6 Å². The number of carbonyl (C=O) groups is 3. The van der Waals surface area contributed by atoms with Crippen molar-refractivity contribution in [1.29, 1.82) is 0 Å². The molecule has 2 aromatic rings. The first-order valence-corrected chi connectivity index (χ1v) is 9.70. The summed E-state index contributed by atoms with van der Waals surface area (Å²) in [6.45, 7) is 3.28. The zero-order chi connectivity index (χ0) is 20.4. The smallest absolute Gasteiger partial charge is 0.337 e. The molecule has 146 valence electrons. The Morgan fingerprint density at radius 1 is 1.14 bits per heavy atom. The summed E-state index contributed by atoms with van der Waals surface area (Å²) in [5.41, 5.74) is 1.03. The number of hydrogen-bond donors (Lipinski definition) is 0. The third-order valence-corrected chi connectivity index (χ3v) is 5.75. The van der Waals surface area contributed by atoms with E-state index in [4.69, 9.17) is 9.47 Å². The molecular formula is C20H19NO6S. The topological polar surface area (TPSA) is 90.0 Å². The molecule has 0 saturated carbocycles. The standard InChI is InChI=1S/C20H19NO6S/c1-12-4-6-14(7-5-12)11-21-16-10-15(19(24)26-3)8-9-17(16)28(25)20(18(21)23)27-13(2)22/h4-10,20H,11H2,1-3H3/t20-,28+/m0/s1.